The fourth-order valence-corrected chi connectivity index (χ4v) is 7.35. The molecule has 3 aromatic heterocycles. The number of hydrogen-bond donors (Lipinski definition) is 0. The molecule has 1 aromatic carbocycles. The van der Waals surface area contributed by atoms with Gasteiger partial charge in [-0.1, -0.05) is 17.7 Å². The Morgan fingerprint density at radius 3 is 2.60 bits per heavy atom. The van der Waals surface area contributed by atoms with Gasteiger partial charge in [0.05, 0.1) is 17.7 Å². The summed E-state index contributed by atoms with van der Waals surface area (Å²) in [5.41, 5.74) is 1.59. The molecule has 2 aliphatic heterocycles. The van der Waals surface area contributed by atoms with Crippen molar-refractivity contribution in [2.45, 2.75) is 83.2 Å². The van der Waals surface area contributed by atoms with Gasteiger partial charge >= 0.3 is 0 Å². The van der Waals surface area contributed by atoms with E-state index in [1.807, 2.05) is 30.1 Å². The molecular weight excluding hydrogens is 588 g/mol. The van der Waals surface area contributed by atoms with Crippen molar-refractivity contribution in [3.8, 4) is 0 Å². The summed E-state index contributed by atoms with van der Waals surface area (Å²) in [6, 6.07) is 1.62. The van der Waals surface area contributed by atoms with Gasteiger partial charge in [-0.15, -0.1) is 10.2 Å². The predicted molar refractivity (Wildman–Crippen MR) is 153 cm³/mol. The van der Waals surface area contributed by atoms with E-state index in [0.29, 0.717) is 36.7 Å². The standard InChI is InChI=1S/C29H33ClF4N8O/c1-15-12-40(16(2)11-39(15)25(18-9-29(33,34)10-18)20-6-7-21(30)23(32)22(20)31)26-24-27(42-14-35-38-28(42)37-26)41(17(3)36-24)13-19-5-4-8-43-19/h6-7,14-16,18-19,25H,4-5,8-13H2,1-3H3/t15-,16+,19+,25?/m1/s1. The Bertz CT molecular complexity index is 1680. The third-order valence-corrected chi connectivity index (χ3v) is 9.62. The molecule has 0 bridgehead atoms. The minimum atomic E-state index is -2.82. The highest BCUT2D eigenvalue weighted by Gasteiger charge is 2.52. The van der Waals surface area contributed by atoms with Crippen LogP contribution in [0.25, 0.3) is 16.9 Å². The Morgan fingerprint density at radius 2 is 1.88 bits per heavy atom. The Hall–Kier alpha value is -3.03. The zero-order valence-electron chi connectivity index (χ0n) is 24.2. The van der Waals surface area contributed by atoms with E-state index in [-0.39, 0.29) is 41.6 Å². The quantitative estimate of drug-likeness (QED) is 0.206. The highest BCUT2D eigenvalue weighted by molar-refractivity contribution is 6.30. The lowest BCUT2D eigenvalue weighted by Crippen LogP contribution is -2.59. The summed E-state index contributed by atoms with van der Waals surface area (Å²) in [6.45, 7) is 8.21. The van der Waals surface area contributed by atoms with Crippen molar-refractivity contribution in [3.63, 3.8) is 0 Å². The van der Waals surface area contributed by atoms with E-state index < -0.39 is 29.5 Å². The monoisotopic (exact) mass is 620 g/mol. The number of benzene rings is 1. The van der Waals surface area contributed by atoms with Crippen LogP contribution in [0.1, 0.15) is 57.0 Å². The average molecular weight is 621 g/mol. The molecule has 0 radical (unpaired) electrons. The molecule has 230 valence electrons. The Balaban J connectivity index is 1.25. The van der Waals surface area contributed by atoms with Crippen LogP contribution in [-0.4, -0.2) is 77.8 Å². The van der Waals surface area contributed by atoms with Gasteiger partial charge in [0.15, 0.2) is 23.1 Å². The summed E-state index contributed by atoms with van der Waals surface area (Å²) >= 11 is 5.84. The lowest BCUT2D eigenvalue weighted by Gasteiger charge is -2.52. The molecular formula is C29H33ClF4N8O. The molecule has 4 atom stereocenters. The van der Waals surface area contributed by atoms with Crippen molar-refractivity contribution in [1.82, 2.24) is 34.0 Å². The van der Waals surface area contributed by atoms with Crippen LogP contribution in [-0.2, 0) is 11.3 Å². The first-order valence-electron chi connectivity index (χ1n) is 14.7. The highest BCUT2D eigenvalue weighted by Crippen LogP contribution is 2.52. The second kappa shape index (κ2) is 10.6. The van der Waals surface area contributed by atoms with E-state index in [0.717, 1.165) is 30.9 Å². The Labute approximate surface area is 250 Å². The molecule has 3 aliphatic rings. The van der Waals surface area contributed by atoms with Crippen molar-refractivity contribution < 1.29 is 22.3 Å². The number of imidazole rings is 1. The van der Waals surface area contributed by atoms with E-state index in [9.17, 15) is 13.2 Å². The molecule has 0 spiro atoms. The topological polar surface area (TPSA) is 76.6 Å². The average Bonchev–Trinajstić information content (AvgIpc) is 3.70. The summed E-state index contributed by atoms with van der Waals surface area (Å²) < 4.78 is 68.0. The zero-order chi connectivity index (χ0) is 30.2. The molecule has 1 aliphatic carbocycles. The third-order valence-electron chi connectivity index (χ3n) is 9.33. The summed E-state index contributed by atoms with van der Waals surface area (Å²) in [6.07, 6.45) is 2.97. The van der Waals surface area contributed by atoms with Crippen LogP contribution in [0.5, 0.6) is 0 Å². The molecule has 3 fully saturated rings. The number of nitrogens with zero attached hydrogens (tertiary/aromatic N) is 8. The summed E-state index contributed by atoms with van der Waals surface area (Å²) in [4.78, 5) is 14.0. The number of alkyl halides is 2. The first-order valence-corrected chi connectivity index (χ1v) is 15.1. The Morgan fingerprint density at radius 1 is 1.09 bits per heavy atom. The summed E-state index contributed by atoms with van der Waals surface area (Å²) in [5.74, 6) is -3.67. The van der Waals surface area contributed by atoms with Crippen molar-refractivity contribution in [2.24, 2.45) is 5.92 Å². The zero-order valence-corrected chi connectivity index (χ0v) is 24.9. The second-order valence-electron chi connectivity index (χ2n) is 12.3. The molecule has 2 saturated heterocycles. The SMILES string of the molecule is Cc1nc2c(N3C[C@@H](C)N(C(c4ccc(Cl)c(F)c4F)C4CC(F)(F)C4)C[C@@H]3C)nc3nncn3c2n1C[C@@H]1CCCO1. The van der Waals surface area contributed by atoms with Gasteiger partial charge in [0.25, 0.3) is 5.78 Å². The number of rotatable bonds is 6. The van der Waals surface area contributed by atoms with E-state index in [1.165, 1.54) is 12.1 Å². The highest BCUT2D eigenvalue weighted by atomic mass is 35.5. The maximum absolute atomic E-state index is 15.3. The normalized spacial score (nSPS) is 25.6. The molecule has 5 heterocycles. The smallest absolute Gasteiger partial charge is 0.258 e. The molecule has 4 aromatic rings. The number of halogens is 5. The molecule has 1 saturated carbocycles. The van der Waals surface area contributed by atoms with Crippen molar-refractivity contribution >= 4 is 34.4 Å². The molecule has 9 nitrogen and oxygen atoms in total. The number of aryl methyl sites for hydroxylation is 1. The van der Waals surface area contributed by atoms with Crippen molar-refractivity contribution in [3.05, 3.63) is 46.5 Å². The van der Waals surface area contributed by atoms with Gasteiger partial charge in [0, 0.05) is 56.2 Å². The second-order valence-corrected chi connectivity index (χ2v) is 12.7. The Kier molecular flexibility index (Phi) is 7.05. The molecule has 0 amide bonds. The van der Waals surface area contributed by atoms with Gasteiger partial charge < -0.3 is 14.2 Å². The van der Waals surface area contributed by atoms with Crippen LogP contribution in [0, 0.1) is 24.5 Å². The largest absolute Gasteiger partial charge is 0.376 e. The van der Waals surface area contributed by atoms with Crippen LogP contribution in [0.2, 0.25) is 5.02 Å². The maximum Gasteiger partial charge on any atom is 0.258 e. The first kappa shape index (κ1) is 28.7. The number of piperazine rings is 1. The molecule has 0 N–H and O–H groups in total. The number of anilines is 1. The predicted octanol–water partition coefficient (Wildman–Crippen LogP) is 5.58. The van der Waals surface area contributed by atoms with Gasteiger partial charge in [-0.05, 0) is 45.6 Å². The number of ether oxygens (including phenoxy) is 1. The lowest BCUT2D eigenvalue weighted by atomic mass is 9.73. The summed E-state index contributed by atoms with van der Waals surface area (Å²) in [5, 5.41) is 8.02. The van der Waals surface area contributed by atoms with E-state index in [1.54, 1.807) is 6.33 Å². The molecule has 14 heteroatoms. The fraction of sp³-hybridized carbons (Fsp3) is 0.586. The minimum Gasteiger partial charge on any atom is -0.376 e. The van der Waals surface area contributed by atoms with E-state index >= 15 is 4.39 Å². The maximum atomic E-state index is 15.3. The summed E-state index contributed by atoms with van der Waals surface area (Å²) in [7, 11) is 0. The van der Waals surface area contributed by atoms with Crippen LogP contribution in [0.15, 0.2) is 18.5 Å². The molecule has 1 unspecified atom stereocenters. The fourth-order valence-electron chi connectivity index (χ4n) is 7.20. The van der Waals surface area contributed by atoms with Crippen LogP contribution < -0.4 is 4.90 Å². The van der Waals surface area contributed by atoms with Gasteiger partial charge in [-0.25, -0.2) is 26.9 Å². The van der Waals surface area contributed by atoms with Crippen molar-refractivity contribution in [2.75, 3.05) is 24.6 Å². The van der Waals surface area contributed by atoms with Crippen LogP contribution in [0.3, 0.4) is 0 Å². The van der Waals surface area contributed by atoms with Crippen LogP contribution >= 0.6 is 11.6 Å². The van der Waals surface area contributed by atoms with Gasteiger partial charge in [-0.3, -0.25) is 4.90 Å². The van der Waals surface area contributed by atoms with Gasteiger partial charge in [0.2, 0.25) is 5.92 Å². The lowest BCUT2D eigenvalue weighted by molar-refractivity contribution is -0.137. The van der Waals surface area contributed by atoms with Gasteiger partial charge in [0.1, 0.15) is 17.7 Å². The number of aromatic nitrogens is 6. The minimum absolute atomic E-state index is 0.0591. The molecule has 43 heavy (non-hydrogen) atoms. The number of hydrogen-bond acceptors (Lipinski definition) is 7. The first-order chi connectivity index (χ1) is 20.5. The number of fused-ring (bicyclic) bond motifs is 3. The van der Waals surface area contributed by atoms with E-state index in [4.69, 9.17) is 26.3 Å². The van der Waals surface area contributed by atoms with Crippen molar-refractivity contribution in [1.29, 1.82) is 0 Å². The molecule has 7 rings (SSSR count). The third kappa shape index (κ3) is 4.83. The van der Waals surface area contributed by atoms with E-state index in [2.05, 4.69) is 19.7 Å². The van der Waals surface area contributed by atoms with Crippen LogP contribution in [0.4, 0.5) is 23.4 Å². The van der Waals surface area contributed by atoms with Gasteiger partial charge in [-0.2, -0.15) is 4.98 Å².